The molecule has 1 fully saturated rings. The molecular weight excluding hydrogens is 246 g/mol. The van der Waals surface area contributed by atoms with E-state index in [1.165, 1.54) is 12.1 Å². The van der Waals surface area contributed by atoms with Crippen LogP contribution >= 0.6 is 0 Å². The number of hydrogen-bond acceptors (Lipinski definition) is 4. The van der Waals surface area contributed by atoms with Crippen LogP contribution in [0.1, 0.15) is 35.2 Å². The van der Waals surface area contributed by atoms with Gasteiger partial charge in [0.25, 0.3) is 11.6 Å². The van der Waals surface area contributed by atoms with E-state index in [-0.39, 0.29) is 23.7 Å². The summed E-state index contributed by atoms with van der Waals surface area (Å²) in [5, 5.41) is 13.7. The quantitative estimate of drug-likeness (QED) is 0.638. The lowest BCUT2D eigenvalue weighted by molar-refractivity contribution is -0.385. The topological polar surface area (TPSA) is 98.3 Å². The van der Waals surface area contributed by atoms with E-state index in [2.05, 4.69) is 5.32 Å². The Morgan fingerprint density at radius 1 is 1.47 bits per heavy atom. The van der Waals surface area contributed by atoms with E-state index in [0.29, 0.717) is 11.1 Å². The second kappa shape index (κ2) is 5.36. The third-order valence-corrected chi connectivity index (χ3v) is 3.63. The summed E-state index contributed by atoms with van der Waals surface area (Å²) in [6.45, 7) is 1.58. The first-order chi connectivity index (χ1) is 9.00. The fraction of sp³-hybridized carbons (Fsp3) is 0.462. The zero-order valence-corrected chi connectivity index (χ0v) is 10.8. The monoisotopic (exact) mass is 263 g/mol. The van der Waals surface area contributed by atoms with Gasteiger partial charge >= 0.3 is 0 Å². The summed E-state index contributed by atoms with van der Waals surface area (Å²) in [7, 11) is 0. The molecule has 3 N–H and O–H groups in total. The molecule has 2 unspecified atom stereocenters. The molecule has 1 aliphatic carbocycles. The Bertz CT molecular complexity index is 516. The first-order valence-electron chi connectivity index (χ1n) is 6.31. The highest BCUT2D eigenvalue weighted by Gasteiger charge is 2.27. The molecule has 0 aromatic heterocycles. The highest BCUT2D eigenvalue weighted by Crippen LogP contribution is 2.22. The molecule has 2 rings (SSSR count). The van der Waals surface area contributed by atoms with Crippen molar-refractivity contribution in [2.75, 3.05) is 0 Å². The van der Waals surface area contributed by atoms with Crippen molar-refractivity contribution in [2.45, 2.75) is 38.3 Å². The maximum absolute atomic E-state index is 12.2. The average molecular weight is 263 g/mol. The van der Waals surface area contributed by atoms with Crippen LogP contribution in [0.2, 0.25) is 0 Å². The van der Waals surface area contributed by atoms with Gasteiger partial charge in [-0.3, -0.25) is 14.9 Å². The van der Waals surface area contributed by atoms with E-state index in [4.69, 9.17) is 5.73 Å². The Hall–Kier alpha value is -1.95. The molecule has 19 heavy (non-hydrogen) atoms. The Morgan fingerprint density at radius 3 is 2.79 bits per heavy atom. The number of carbonyl (C=O) groups excluding carboxylic acids is 1. The Labute approximate surface area is 111 Å². The number of nitro benzene ring substituents is 1. The summed E-state index contributed by atoms with van der Waals surface area (Å²) in [5.74, 6) is -0.288. The molecule has 2 atom stereocenters. The first kappa shape index (κ1) is 13.5. The van der Waals surface area contributed by atoms with Crippen molar-refractivity contribution in [1.29, 1.82) is 0 Å². The number of nitrogens with one attached hydrogen (secondary N) is 1. The molecular formula is C13H17N3O3. The summed E-state index contributed by atoms with van der Waals surface area (Å²) >= 11 is 0. The molecule has 1 aliphatic rings. The summed E-state index contributed by atoms with van der Waals surface area (Å²) < 4.78 is 0. The van der Waals surface area contributed by atoms with Crippen LogP contribution in [0.25, 0.3) is 0 Å². The van der Waals surface area contributed by atoms with Gasteiger partial charge in [0.1, 0.15) is 0 Å². The van der Waals surface area contributed by atoms with E-state index in [0.717, 1.165) is 19.3 Å². The molecule has 6 heteroatoms. The number of rotatable bonds is 3. The minimum Gasteiger partial charge on any atom is -0.348 e. The minimum absolute atomic E-state index is 0.0250. The second-order valence-electron chi connectivity index (χ2n) is 4.88. The average Bonchev–Trinajstić information content (AvgIpc) is 2.74. The molecule has 0 bridgehead atoms. The molecule has 1 saturated carbocycles. The van der Waals surface area contributed by atoms with Gasteiger partial charge in [-0.25, -0.2) is 0 Å². The lowest BCUT2D eigenvalue weighted by Crippen LogP contribution is -2.44. The van der Waals surface area contributed by atoms with Crippen molar-refractivity contribution in [3.05, 3.63) is 39.4 Å². The molecule has 0 radical (unpaired) electrons. The maximum atomic E-state index is 12.2. The van der Waals surface area contributed by atoms with Crippen molar-refractivity contribution < 1.29 is 9.72 Å². The van der Waals surface area contributed by atoms with Crippen LogP contribution in [-0.4, -0.2) is 22.9 Å². The normalized spacial score (nSPS) is 22.2. The van der Waals surface area contributed by atoms with Gasteiger partial charge in [0.15, 0.2) is 0 Å². The standard InChI is InChI=1S/C13H17N3O3/c1-8-9(4-2-7-12(8)16(18)19)13(17)15-11-6-3-5-10(11)14/h2,4,7,10-11H,3,5-6,14H2,1H3,(H,15,17). The van der Waals surface area contributed by atoms with Crippen LogP contribution in [0.3, 0.4) is 0 Å². The fourth-order valence-corrected chi connectivity index (χ4v) is 2.48. The van der Waals surface area contributed by atoms with E-state index in [1.54, 1.807) is 13.0 Å². The SMILES string of the molecule is Cc1c(C(=O)NC2CCCC2N)cccc1[N+](=O)[O-]. The summed E-state index contributed by atoms with van der Waals surface area (Å²) in [4.78, 5) is 22.5. The van der Waals surface area contributed by atoms with Gasteiger partial charge in [-0.05, 0) is 32.3 Å². The first-order valence-corrected chi connectivity index (χ1v) is 6.31. The lowest BCUT2D eigenvalue weighted by Gasteiger charge is -2.17. The van der Waals surface area contributed by atoms with Gasteiger partial charge in [-0.1, -0.05) is 6.07 Å². The van der Waals surface area contributed by atoms with Gasteiger partial charge < -0.3 is 11.1 Å². The van der Waals surface area contributed by atoms with E-state index >= 15 is 0 Å². The van der Waals surface area contributed by atoms with Gasteiger partial charge in [0, 0.05) is 29.3 Å². The number of hydrogen-bond donors (Lipinski definition) is 2. The lowest BCUT2D eigenvalue weighted by atomic mass is 10.1. The highest BCUT2D eigenvalue weighted by molar-refractivity contribution is 5.96. The molecule has 1 aromatic carbocycles. The van der Waals surface area contributed by atoms with Crippen molar-refractivity contribution in [3.63, 3.8) is 0 Å². The Kier molecular flexibility index (Phi) is 3.80. The number of amides is 1. The predicted molar refractivity (Wildman–Crippen MR) is 70.9 cm³/mol. The molecule has 0 spiro atoms. The zero-order valence-electron chi connectivity index (χ0n) is 10.8. The van der Waals surface area contributed by atoms with Crippen molar-refractivity contribution in [2.24, 2.45) is 5.73 Å². The molecule has 6 nitrogen and oxygen atoms in total. The van der Waals surface area contributed by atoms with Gasteiger partial charge in [-0.15, -0.1) is 0 Å². The fourth-order valence-electron chi connectivity index (χ4n) is 2.48. The number of benzene rings is 1. The van der Waals surface area contributed by atoms with Crippen molar-refractivity contribution in [1.82, 2.24) is 5.32 Å². The van der Waals surface area contributed by atoms with Crippen LogP contribution in [0.4, 0.5) is 5.69 Å². The number of carbonyl (C=O) groups is 1. The number of nitro groups is 1. The minimum atomic E-state index is -0.479. The van der Waals surface area contributed by atoms with Gasteiger partial charge in [0.2, 0.25) is 0 Å². The molecule has 0 heterocycles. The highest BCUT2D eigenvalue weighted by atomic mass is 16.6. The van der Waals surface area contributed by atoms with Crippen molar-refractivity contribution >= 4 is 11.6 Å². The smallest absolute Gasteiger partial charge is 0.273 e. The molecule has 1 amide bonds. The third kappa shape index (κ3) is 2.73. The zero-order chi connectivity index (χ0) is 14.0. The van der Waals surface area contributed by atoms with E-state index < -0.39 is 4.92 Å². The van der Waals surface area contributed by atoms with Crippen LogP contribution in [0.15, 0.2) is 18.2 Å². The number of nitrogens with zero attached hydrogens (tertiary/aromatic N) is 1. The molecule has 0 saturated heterocycles. The van der Waals surface area contributed by atoms with Gasteiger partial charge in [-0.2, -0.15) is 0 Å². The maximum Gasteiger partial charge on any atom is 0.273 e. The van der Waals surface area contributed by atoms with Crippen LogP contribution in [0, 0.1) is 17.0 Å². The largest absolute Gasteiger partial charge is 0.348 e. The summed E-state index contributed by atoms with van der Waals surface area (Å²) in [5.41, 5.74) is 6.59. The Morgan fingerprint density at radius 2 is 2.21 bits per heavy atom. The number of nitrogens with two attached hydrogens (primary N) is 1. The summed E-state index contributed by atoms with van der Waals surface area (Å²) in [6, 6.07) is 4.45. The van der Waals surface area contributed by atoms with Crippen molar-refractivity contribution in [3.8, 4) is 0 Å². The Balaban J connectivity index is 2.19. The van der Waals surface area contributed by atoms with E-state index in [1.807, 2.05) is 0 Å². The molecule has 102 valence electrons. The third-order valence-electron chi connectivity index (χ3n) is 3.63. The second-order valence-corrected chi connectivity index (χ2v) is 4.88. The van der Waals surface area contributed by atoms with Crippen LogP contribution in [0.5, 0.6) is 0 Å². The summed E-state index contributed by atoms with van der Waals surface area (Å²) in [6.07, 6.45) is 2.76. The van der Waals surface area contributed by atoms with Crippen LogP contribution in [-0.2, 0) is 0 Å². The van der Waals surface area contributed by atoms with E-state index in [9.17, 15) is 14.9 Å². The molecule has 0 aliphatic heterocycles. The van der Waals surface area contributed by atoms with Crippen LogP contribution < -0.4 is 11.1 Å². The van der Waals surface area contributed by atoms with Gasteiger partial charge in [0.05, 0.1) is 4.92 Å². The molecule has 1 aromatic rings. The predicted octanol–water partition coefficient (Wildman–Crippen LogP) is 1.51.